The number of halogens is 1. The predicted molar refractivity (Wildman–Crippen MR) is 113 cm³/mol. The number of thiophene rings is 1. The van der Waals surface area contributed by atoms with Crippen LogP contribution in [0.1, 0.15) is 31.4 Å². The Hall–Kier alpha value is -2.55. The third-order valence-corrected chi connectivity index (χ3v) is 6.43. The van der Waals surface area contributed by atoms with Crippen LogP contribution in [0.15, 0.2) is 35.3 Å². The average molecular weight is 396 g/mol. The minimum Gasteiger partial charge on any atom is -0.369 e. The normalized spacial score (nSPS) is 19.9. The van der Waals surface area contributed by atoms with Crippen LogP contribution < -0.4 is 5.73 Å². The summed E-state index contributed by atoms with van der Waals surface area (Å²) in [5.74, 6) is 6.18. The van der Waals surface area contributed by atoms with Crippen molar-refractivity contribution < 1.29 is 4.79 Å². The Bertz CT molecular complexity index is 1200. The van der Waals surface area contributed by atoms with Crippen LogP contribution in [-0.2, 0) is 10.3 Å². The fraction of sp³-hybridized carbons (Fsp3) is 0.238. The van der Waals surface area contributed by atoms with Crippen molar-refractivity contribution in [3.8, 4) is 11.8 Å². The Kier molecular flexibility index (Phi) is 4.14. The maximum atomic E-state index is 12.4. The number of nitrogens with zero attached hydrogens (tertiary/aromatic N) is 2. The van der Waals surface area contributed by atoms with E-state index in [4.69, 9.17) is 17.3 Å². The van der Waals surface area contributed by atoms with Crippen LogP contribution in [0.2, 0.25) is 5.02 Å². The molecule has 2 N–H and O–H groups in total. The number of rotatable bonds is 1. The molecule has 2 aromatic carbocycles. The molecule has 0 saturated heterocycles. The van der Waals surface area contributed by atoms with Crippen LogP contribution in [0.5, 0.6) is 0 Å². The summed E-state index contributed by atoms with van der Waals surface area (Å²) >= 11 is 8.31. The number of fused-ring (bicyclic) bond motifs is 3. The second-order valence-corrected chi connectivity index (χ2v) is 8.38. The number of guanidine groups is 1. The Balaban J connectivity index is 1.97. The molecule has 0 spiro atoms. The number of amides is 1. The van der Waals surface area contributed by atoms with Crippen molar-refractivity contribution in [3.05, 3.63) is 46.5 Å². The van der Waals surface area contributed by atoms with E-state index in [1.165, 1.54) is 9.60 Å². The van der Waals surface area contributed by atoms with Gasteiger partial charge < -0.3 is 5.73 Å². The Labute approximate surface area is 166 Å². The lowest BCUT2D eigenvalue weighted by atomic mass is 9.86. The number of carbonyl (C=O) groups is 1. The smallest absolute Gasteiger partial charge is 0.231 e. The van der Waals surface area contributed by atoms with Crippen LogP contribution in [0.25, 0.3) is 20.2 Å². The third-order valence-electron chi connectivity index (χ3n) is 4.98. The molecule has 3 aromatic rings. The molecule has 1 atom stereocenters. The van der Waals surface area contributed by atoms with Crippen LogP contribution in [0.3, 0.4) is 0 Å². The summed E-state index contributed by atoms with van der Waals surface area (Å²) < 4.78 is 2.27. The van der Waals surface area contributed by atoms with Gasteiger partial charge in [0.25, 0.3) is 0 Å². The van der Waals surface area contributed by atoms with Gasteiger partial charge in [-0.25, -0.2) is 4.99 Å². The SMILES string of the molecule is CC#Cc1ccc2sc3cc(Cl)c([C@]4(C)CC(=O)N(C)C(N)=N4)cc3c2c1. The molecule has 4 rings (SSSR count). The maximum Gasteiger partial charge on any atom is 0.231 e. The molecular formula is C21H18ClN3OS. The summed E-state index contributed by atoms with van der Waals surface area (Å²) in [5, 5.41) is 2.82. The highest BCUT2D eigenvalue weighted by Crippen LogP contribution is 2.43. The quantitative estimate of drug-likeness (QED) is 0.618. The van der Waals surface area contributed by atoms with E-state index in [9.17, 15) is 4.79 Å². The first kappa shape index (κ1) is 17.8. The molecule has 0 saturated carbocycles. The van der Waals surface area contributed by atoms with Crippen LogP contribution in [-0.4, -0.2) is 23.8 Å². The van der Waals surface area contributed by atoms with E-state index in [-0.39, 0.29) is 18.3 Å². The number of benzene rings is 2. The zero-order valence-corrected chi connectivity index (χ0v) is 16.8. The van der Waals surface area contributed by atoms with Crippen molar-refractivity contribution in [3.63, 3.8) is 0 Å². The molecule has 27 heavy (non-hydrogen) atoms. The van der Waals surface area contributed by atoms with E-state index in [0.29, 0.717) is 5.02 Å². The lowest BCUT2D eigenvalue weighted by Gasteiger charge is -2.34. The highest BCUT2D eigenvalue weighted by molar-refractivity contribution is 7.25. The molecule has 6 heteroatoms. The summed E-state index contributed by atoms with van der Waals surface area (Å²) in [4.78, 5) is 18.3. The minimum absolute atomic E-state index is 0.0724. The molecule has 1 amide bonds. The molecule has 0 bridgehead atoms. The standard InChI is InChI=1S/C21H18ClN3OS/c1-4-5-12-6-7-17-13(8-12)14-9-15(16(22)10-18(14)27-17)21(2)11-19(26)25(3)20(23)24-21/h6-10H,11H2,1-3H3,(H2,23,24)/t21-/m0/s1. The Morgan fingerprint density at radius 1 is 1.26 bits per heavy atom. The van der Waals surface area contributed by atoms with E-state index in [1.54, 1.807) is 18.4 Å². The molecule has 1 aromatic heterocycles. The molecule has 2 heterocycles. The summed E-state index contributed by atoms with van der Waals surface area (Å²) in [6.07, 6.45) is 0.226. The molecule has 136 valence electrons. The fourth-order valence-electron chi connectivity index (χ4n) is 3.50. The number of hydrogen-bond donors (Lipinski definition) is 1. The second-order valence-electron chi connectivity index (χ2n) is 6.89. The van der Waals surface area contributed by atoms with Gasteiger partial charge in [-0.3, -0.25) is 9.69 Å². The first-order valence-corrected chi connectivity index (χ1v) is 9.73. The summed E-state index contributed by atoms with van der Waals surface area (Å²) in [7, 11) is 1.63. The topological polar surface area (TPSA) is 58.7 Å². The van der Waals surface area contributed by atoms with Crippen molar-refractivity contribution in [2.75, 3.05) is 7.05 Å². The second kappa shape index (κ2) is 6.26. The Morgan fingerprint density at radius 3 is 2.70 bits per heavy atom. The van der Waals surface area contributed by atoms with Crippen molar-refractivity contribution >= 4 is 55.0 Å². The van der Waals surface area contributed by atoms with Crippen molar-refractivity contribution in [2.24, 2.45) is 10.7 Å². The van der Waals surface area contributed by atoms with Gasteiger partial charge in [0.15, 0.2) is 5.96 Å². The van der Waals surface area contributed by atoms with Gasteiger partial charge in [-0.1, -0.05) is 17.5 Å². The average Bonchev–Trinajstić information content (AvgIpc) is 2.96. The number of carbonyl (C=O) groups excluding carboxylic acids is 1. The molecule has 4 nitrogen and oxygen atoms in total. The molecule has 0 aliphatic carbocycles. The minimum atomic E-state index is -0.784. The summed E-state index contributed by atoms with van der Waals surface area (Å²) in [5.41, 5.74) is 6.97. The molecule has 0 unspecified atom stereocenters. The highest BCUT2D eigenvalue weighted by atomic mass is 35.5. The van der Waals surface area contributed by atoms with E-state index in [1.807, 2.05) is 26.0 Å². The van der Waals surface area contributed by atoms with Gasteiger partial charge in [0.2, 0.25) is 5.91 Å². The van der Waals surface area contributed by atoms with Gasteiger partial charge in [0, 0.05) is 37.8 Å². The monoisotopic (exact) mass is 395 g/mol. The maximum absolute atomic E-state index is 12.4. The number of aliphatic imine (C=N–C) groups is 1. The third kappa shape index (κ3) is 2.86. The zero-order valence-electron chi connectivity index (χ0n) is 15.3. The van der Waals surface area contributed by atoms with Gasteiger partial charge >= 0.3 is 0 Å². The Morgan fingerprint density at radius 2 is 2.00 bits per heavy atom. The number of hydrogen-bond acceptors (Lipinski definition) is 4. The van der Waals surface area contributed by atoms with Crippen LogP contribution in [0, 0.1) is 11.8 Å². The number of nitrogens with two attached hydrogens (primary N) is 1. The highest BCUT2D eigenvalue weighted by Gasteiger charge is 2.37. The van der Waals surface area contributed by atoms with Crippen LogP contribution >= 0.6 is 22.9 Å². The largest absolute Gasteiger partial charge is 0.369 e. The zero-order chi connectivity index (χ0) is 19.3. The van der Waals surface area contributed by atoms with Gasteiger partial charge in [0.1, 0.15) is 0 Å². The van der Waals surface area contributed by atoms with Crippen molar-refractivity contribution in [2.45, 2.75) is 25.8 Å². The summed E-state index contributed by atoms with van der Waals surface area (Å²) in [6.45, 7) is 3.73. The first-order valence-electron chi connectivity index (χ1n) is 8.53. The van der Waals surface area contributed by atoms with Gasteiger partial charge in [0.05, 0.1) is 12.0 Å². The van der Waals surface area contributed by atoms with Gasteiger partial charge in [-0.15, -0.1) is 17.3 Å². The van der Waals surface area contributed by atoms with E-state index in [2.05, 4.69) is 35.0 Å². The lowest BCUT2D eigenvalue weighted by Crippen LogP contribution is -2.47. The lowest BCUT2D eigenvalue weighted by molar-refractivity contribution is -0.128. The van der Waals surface area contributed by atoms with Crippen molar-refractivity contribution in [1.82, 2.24) is 4.90 Å². The molecule has 0 radical (unpaired) electrons. The van der Waals surface area contributed by atoms with Crippen LogP contribution in [0.4, 0.5) is 0 Å². The first-order chi connectivity index (χ1) is 12.8. The van der Waals surface area contributed by atoms with Gasteiger partial charge in [-0.05, 0) is 49.7 Å². The van der Waals surface area contributed by atoms with E-state index >= 15 is 0 Å². The van der Waals surface area contributed by atoms with Crippen molar-refractivity contribution in [1.29, 1.82) is 0 Å². The van der Waals surface area contributed by atoms with E-state index in [0.717, 1.165) is 26.6 Å². The molecule has 1 aliphatic rings. The van der Waals surface area contributed by atoms with Gasteiger partial charge in [-0.2, -0.15) is 0 Å². The molecular weight excluding hydrogens is 378 g/mol. The molecule has 1 aliphatic heterocycles. The molecule has 0 fully saturated rings. The summed E-state index contributed by atoms with van der Waals surface area (Å²) in [6, 6.07) is 10.2. The van der Waals surface area contributed by atoms with E-state index < -0.39 is 5.54 Å². The fourth-order valence-corrected chi connectivity index (χ4v) is 5.04. The predicted octanol–water partition coefficient (Wildman–Crippen LogP) is 4.47.